The minimum atomic E-state index is -1.42. The molecule has 0 saturated heterocycles. The van der Waals surface area contributed by atoms with E-state index < -0.39 is 17.4 Å². The maximum Gasteiger partial charge on any atom is 0.311 e. The SMILES string of the molecule is C[Si](C)O[Si](C)(C)CCCCCCCCCCC(=O)Oc1ccc(-c2ccc(C#N)cc2)cc1. The van der Waals surface area contributed by atoms with E-state index in [1.165, 1.54) is 44.6 Å². The number of nitrogens with zero attached hydrogens (tertiary/aromatic N) is 1. The van der Waals surface area contributed by atoms with Crippen molar-refractivity contribution in [3.63, 3.8) is 0 Å². The van der Waals surface area contributed by atoms with Crippen LogP contribution in [0.2, 0.25) is 32.2 Å². The summed E-state index contributed by atoms with van der Waals surface area (Å²) in [5.74, 6) is 0.415. The Bertz CT molecular complexity index is 903. The molecule has 1 radical (unpaired) electrons. The molecule has 0 aliphatic rings. The Morgan fingerprint density at radius 2 is 1.32 bits per heavy atom. The van der Waals surface area contributed by atoms with Crippen molar-refractivity contribution in [1.29, 1.82) is 5.26 Å². The largest absolute Gasteiger partial charge is 0.456 e. The van der Waals surface area contributed by atoms with Crippen molar-refractivity contribution in [2.45, 2.75) is 90.0 Å². The summed E-state index contributed by atoms with van der Waals surface area (Å²) in [4.78, 5) is 12.1. The summed E-state index contributed by atoms with van der Waals surface area (Å²) < 4.78 is 11.7. The molecule has 0 N–H and O–H groups in total. The van der Waals surface area contributed by atoms with Crippen molar-refractivity contribution in [2.75, 3.05) is 0 Å². The van der Waals surface area contributed by atoms with Gasteiger partial charge in [-0.15, -0.1) is 0 Å². The van der Waals surface area contributed by atoms with Gasteiger partial charge in [0, 0.05) is 6.42 Å². The molecule has 2 aromatic rings. The van der Waals surface area contributed by atoms with Gasteiger partial charge in [0.1, 0.15) is 5.75 Å². The first-order valence-electron chi connectivity index (χ1n) is 12.6. The molecular weight excluding hydrogens is 454 g/mol. The predicted molar refractivity (Wildman–Crippen MR) is 145 cm³/mol. The van der Waals surface area contributed by atoms with Gasteiger partial charge in [0.25, 0.3) is 0 Å². The van der Waals surface area contributed by atoms with Gasteiger partial charge in [-0.25, -0.2) is 0 Å². The van der Waals surface area contributed by atoms with Gasteiger partial charge in [0.05, 0.1) is 11.6 Å². The molecule has 0 aliphatic carbocycles. The molecule has 6 heteroatoms. The molecule has 34 heavy (non-hydrogen) atoms. The van der Waals surface area contributed by atoms with Crippen molar-refractivity contribution in [3.8, 4) is 22.9 Å². The average Bonchev–Trinajstić information content (AvgIpc) is 2.80. The van der Waals surface area contributed by atoms with Crippen molar-refractivity contribution in [2.24, 2.45) is 0 Å². The smallest absolute Gasteiger partial charge is 0.311 e. The highest BCUT2D eigenvalue weighted by Crippen LogP contribution is 2.23. The van der Waals surface area contributed by atoms with E-state index in [0.29, 0.717) is 17.7 Å². The van der Waals surface area contributed by atoms with Crippen LogP contribution < -0.4 is 4.74 Å². The fourth-order valence-corrected chi connectivity index (χ4v) is 10.0. The number of hydrogen-bond donors (Lipinski definition) is 0. The first kappa shape index (κ1) is 28.0. The standard InChI is InChI=1S/C28H40NO3Si2/c1-33(2)32-34(3,4)22-12-10-8-6-5-7-9-11-13-28(30)31-27-20-18-26(19-21-27)25-16-14-24(23-29)15-17-25/h14-21H,5-13,22H2,1-4H3. The molecule has 0 aliphatic heterocycles. The summed E-state index contributed by atoms with van der Waals surface area (Å²) in [7, 11) is -1.99. The molecule has 0 atom stereocenters. The van der Waals surface area contributed by atoms with Crippen LogP contribution in [0.5, 0.6) is 5.75 Å². The van der Waals surface area contributed by atoms with E-state index in [0.717, 1.165) is 24.0 Å². The van der Waals surface area contributed by atoms with Gasteiger partial charge in [-0.1, -0.05) is 69.2 Å². The molecular formula is C28H40NO3Si2. The van der Waals surface area contributed by atoms with Gasteiger partial charge in [-0.2, -0.15) is 5.26 Å². The normalized spacial score (nSPS) is 11.4. The van der Waals surface area contributed by atoms with Gasteiger partial charge in [0.2, 0.25) is 0 Å². The van der Waals surface area contributed by atoms with Gasteiger partial charge in [-0.05, 0) is 74.0 Å². The van der Waals surface area contributed by atoms with Crippen molar-refractivity contribution >= 4 is 23.3 Å². The Balaban J connectivity index is 1.53. The summed E-state index contributed by atoms with van der Waals surface area (Å²) in [6.07, 6.45) is 10.1. The predicted octanol–water partition coefficient (Wildman–Crippen LogP) is 8.11. The molecule has 183 valence electrons. The molecule has 0 bridgehead atoms. The zero-order valence-corrected chi connectivity index (χ0v) is 23.4. The van der Waals surface area contributed by atoms with E-state index in [1.807, 2.05) is 36.4 Å². The minimum Gasteiger partial charge on any atom is -0.456 e. The monoisotopic (exact) mass is 494 g/mol. The lowest BCUT2D eigenvalue weighted by atomic mass is 10.0. The summed E-state index contributed by atoms with van der Waals surface area (Å²) in [6, 6.07) is 18.4. The number of esters is 1. The Morgan fingerprint density at radius 3 is 1.85 bits per heavy atom. The number of unbranched alkanes of at least 4 members (excludes halogenated alkanes) is 7. The molecule has 0 unspecified atom stereocenters. The van der Waals surface area contributed by atoms with Gasteiger partial charge in [0.15, 0.2) is 17.4 Å². The Kier molecular flexibility index (Phi) is 12.3. The van der Waals surface area contributed by atoms with E-state index >= 15 is 0 Å². The third-order valence-electron chi connectivity index (χ3n) is 5.82. The first-order chi connectivity index (χ1) is 16.3. The second-order valence-electron chi connectivity index (χ2n) is 9.79. The van der Waals surface area contributed by atoms with Crippen LogP contribution in [-0.4, -0.2) is 23.3 Å². The second-order valence-corrected chi connectivity index (χ2v) is 16.4. The highest BCUT2D eigenvalue weighted by Gasteiger charge is 2.22. The number of carbonyl (C=O) groups excluding carboxylic acids is 1. The number of rotatable bonds is 15. The fourth-order valence-electron chi connectivity index (χ4n) is 4.12. The average molecular weight is 495 g/mol. The molecule has 0 saturated carbocycles. The van der Waals surface area contributed by atoms with Crippen molar-refractivity contribution in [1.82, 2.24) is 0 Å². The molecule has 0 heterocycles. The Morgan fingerprint density at radius 1 is 0.824 bits per heavy atom. The summed E-state index contributed by atoms with van der Waals surface area (Å²) >= 11 is 0. The Labute approximate surface area is 209 Å². The molecule has 0 spiro atoms. The highest BCUT2D eigenvalue weighted by molar-refractivity contribution is 6.77. The van der Waals surface area contributed by atoms with E-state index in [1.54, 1.807) is 12.1 Å². The maximum absolute atomic E-state index is 12.1. The van der Waals surface area contributed by atoms with Crippen molar-refractivity contribution in [3.05, 3.63) is 54.1 Å². The molecule has 4 nitrogen and oxygen atoms in total. The summed E-state index contributed by atoms with van der Waals surface area (Å²) in [6.45, 7) is 9.16. The fraction of sp³-hybridized carbons (Fsp3) is 0.500. The number of benzene rings is 2. The van der Waals surface area contributed by atoms with Crippen LogP contribution >= 0.6 is 0 Å². The summed E-state index contributed by atoms with van der Waals surface area (Å²) in [5.41, 5.74) is 2.70. The number of carbonyl (C=O) groups is 1. The third kappa shape index (κ3) is 11.3. The first-order valence-corrected chi connectivity index (χ1v) is 18.1. The van der Waals surface area contributed by atoms with E-state index in [4.69, 9.17) is 14.1 Å². The lowest BCUT2D eigenvalue weighted by Gasteiger charge is -2.25. The van der Waals surface area contributed by atoms with E-state index in [-0.39, 0.29) is 5.97 Å². The number of ether oxygens (including phenoxy) is 1. The topological polar surface area (TPSA) is 59.3 Å². The number of nitriles is 1. The van der Waals surface area contributed by atoms with Crippen LogP contribution in [0.4, 0.5) is 0 Å². The van der Waals surface area contributed by atoms with Crippen LogP contribution in [0, 0.1) is 11.3 Å². The van der Waals surface area contributed by atoms with Crippen LogP contribution in [0.1, 0.15) is 63.4 Å². The maximum atomic E-state index is 12.1. The molecule has 2 aromatic carbocycles. The van der Waals surface area contributed by atoms with Crippen molar-refractivity contribution < 1.29 is 13.6 Å². The van der Waals surface area contributed by atoms with E-state index in [2.05, 4.69) is 32.3 Å². The Hall–Kier alpha value is -2.21. The van der Waals surface area contributed by atoms with Crippen LogP contribution in [0.15, 0.2) is 48.5 Å². The van der Waals surface area contributed by atoms with Crippen LogP contribution in [-0.2, 0) is 8.91 Å². The summed E-state index contributed by atoms with van der Waals surface area (Å²) in [5, 5.41) is 8.91. The van der Waals surface area contributed by atoms with E-state index in [9.17, 15) is 4.79 Å². The lowest BCUT2D eigenvalue weighted by Crippen LogP contribution is -2.34. The molecule has 0 aromatic heterocycles. The van der Waals surface area contributed by atoms with Gasteiger partial charge >= 0.3 is 5.97 Å². The lowest BCUT2D eigenvalue weighted by molar-refractivity contribution is -0.134. The van der Waals surface area contributed by atoms with Gasteiger partial charge in [-0.3, -0.25) is 4.79 Å². The third-order valence-corrected chi connectivity index (χ3v) is 11.2. The van der Waals surface area contributed by atoms with Crippen LogP contribution in [0.25, 0.3) is 11.1 Å². The zero-order valence-electron chi connectivity index (χ0n) is 21.4. The quantitative estimate of drug-likeness (QED) is 0.109. The zero-order chi connectivity index (χ0) is 24.8. The van der Waals surface area contributed by atoms with Gasteiger partial charge < -0.3 is 8.85 Å². The second kappa shape index (κ2) is 14.9. The van der Waals surface area contributed by atoms with Crippen LogP contribution in [0.3, 0.4) is 0 Å². The number of hydrogen-bond acceptors (Lipinski definition) is 4. The molecule has 2 rings (SSSR count). The highest BCUT2D eigenvalue weighted by atomic mass is 28.4. The molecule has 0 fully saturated rings. The minimum absolute atomic E-state index is 0.163. The molecule has 0 amide bonds.